The number of nitrogens with two attached hydrogens (primary N) is 1. The summed E-state index contributed by atoms with van der Waals surface area (Å²) in [5.74, 6) is 0.0426. The van der Waals surface area contributed by atoms with Crippen LogP contribution in [0.2, 0.25) is 5.02 Å². The van der Waals surface area contributed by atoms with Gasteiger partial charge in [-0.1, -0.05) is 11.6 Å². The summed E-state index contributed by atoms with van der Waals surface area (Å²) in [6, 6.07) is 6.64. The monoisotopic (exact) mass is 686 g/mol. The SMILES string of the molecule is N#CCn1cc(-c2cnc3c(Nc4ccc(C(=O)N5CCN(C(=O)[C@@H]6CC[C@@H](N)C6)CC5)c(Cl)c4)nccn23)c(C(F)(F)F)n1.O=CO. The number of imidazole rings is 1. The predicted octanol–water partition coefficient (Wildman–Crippen LogP) is 3.64. The van der Waals surface area contributed by atoms with Gasteiger partial charge in [-0.3, -0.25) is 23.5 Å². The summed E-state index contributed by atoms with van der Waals surface area (Å²) in [5, 5.41) is 22.6. The fourth-order valence-corrected chi connectivity index (χ4v) is 6.14. The molecule has 4 N–H and O–H groups in total. The van der Waals surface area contributed by atoms with Crippen molar-refractivity contribution in [3.8, 4) is 17.3 Å². The van der Waals surface area contributed by atoms with Gasteiger partial charge in [0.2, 0.25) is 5.91 Å². The largest absolute Gasteiger partial charge is 0.483 e. The number of hydrogen-bond acceptors (Lipinski definition) is 9. The highest BCUT2D eigenvalue weighted by molar-refractivity contribution is 6.34. The van der Waals surface area contributed by atoms with E-state index in [0.29, 0.717) is 43.9 Å². The Balaban J connectivity index is 0.00000145. The summed E-state index contributed by atoms with van der Waals surface area (Å²) in [6.07, 6.45) is 2.90. The molecule has 2 fully saturated rings. The number of fused-ring (bicyclic) bond motifs is 1. The molecule has 18 heteroatoms. The van der Waals surface area contributed by atoms with Crippen molar-refractivity contribution in [3.05, 3.63) is 59.3 Å². The summed E-state index contributed by atoms with van der Waals surface area (Å²) in [6.45, 7) is 1.07. The Kier molecular flexibility index (Phi) is 10.2. The van der Waals surface area contributed by atoms with Crippen LogP contribution in [0.1, 0.15) is 35.3 Å². The fourth-order valence-electron chi connectivity index (χ4n) is 5.88. The molecule has 252 valence electrons. The highest BCUT2D eigenvalue weighted by atomic mass is 35.5. The number of halogens is 4. The number of nitrogens with zero attached hydrogens (tertiary/aromatic N) is 8. The quantitative estimate of drug-likeness (QED) is 0.253. The topological polar surface area (TPSA) is 188 Å². The molecule has 1 saturated carbocycles. The van der Waals surface area contributed by atoms with Crippen LogP contribution in [0.15, 0.2) is 43.0 Å². The maximum atomic E-state index is 13.8. The van der Waals surface area contributed by atoms with Crippen LogP contribution in [0.5, 0.6) is 0 Å². The first-order valence-corrected chi connectivity index (χ1v) is 15.1. The average Bonchev–Trinajstić information content (AvgIpc) is 3.80. The number of carbonyl (C=O) groups is 3. The van der Waals surface area contributed by atoms with Crippen molar-refractivity contribution in [1.82, 2.24) is 33.9 Å². The average molecular weight is 687 g/mol. The lowest BCUT2D eigenvalue weighted by atomic mass is 10.1. The number of nitriles is 1. The molecule has 6 rings (SSSR count). The Labute approximate surface area is 276 Å². The van der Waals surface area contributed by atoms with Gasteiger partial charge in [-0.15, -0.1) is 0 Å². The molecule has 1 saturated heterocycles. The summed E-state index contributed by atoms with van der Waals surface area (Å²) in [7, 11) is 0. The molecule has 1 aliphatic heterocycles. The van der Waals surface area contributed by atoms with Gasteiger partial charge in [0.05, 0.1) is 34.1 Å². The summed E-state index contributed by atoms with van der Waals surface area (Å²) >= 11 is 6.54. The lowest BCUT2D eigenvalue weighted by molar-refractivity contribution is -0.141. The molecule has 2 amide bonds. The molecule has 1 aliphatic carbocycles. The highest BCUT2D eigenvalue weighted by Gasteiger charge is 2.38. The van der Waals surface area contributed by atoms with Crippen molar-refractivity contribution < 1.29 is 32.7 Å². The first-order chi connectivity index (χ1) is 22.9. The molecule has 2 atom stereocenters. The third-order valence-corrected chi connectivity index (χ3v) is 8.44. The number of alkyl halides is 3. The van der Waals surface area contributed by atoms with Crippen LogP contribution in [-0.2, 0) is 22.3 Å². The van der Waals surface area contributed by atoms with Crippen LogP contribution in [0.4, 0.5) is 24.7 Å². The zero-order valence-corrected chi connectivity index (χ0v) is 26.0. The van der Waals surface area contributed by atoms with Gasteiger partial charge in [-0.05, 0) is 37.5 Å². The van der Waals surface area contributed by atoms with Gasteiger partial charge in [0, 0.05) is 62.4 Å². The summed E-state index contributed by atoms with van der Waals surface area (Å²) in [4.78, 5) is 46.5. The molecule has 0 radical (unpaired) electrons. The number of rotatable bonds is 6. The minimum atomic E-state index is -4.75. The second kappa shape index (κ2) is 14.3. The van der Waals surface area contributed by atoms with Gasteiger partial charge in [0.25, 0.3) is 12.4 Å². The molecule has 0 spiro atoms. The molecule has 1 aromatic carbocycles. The third-order valence-electron chi connectivity index (χ3n) is 8.13. The predicted molar refractivity (Wildman–Crippen MR) is 166 cm³/mol. The number of nitrogens with one attached hydrogen (secondary N) is 1. The van der Waals surface area contributed by atoms with Crippen molar-refractivity contribution in [2.24, 2.45) is 11.7 Å². The van der Waals surface area contributed by atoms with E-state index in [0.717, 1.165) is 23.7 Å². The van der Waals surface area contributed by atoms with E-state index in [1.165, 1.54) is 23.0 Å². The Morgan fingerprint density at radius 3 is 2.50 bits per heavy atom. The van der Waals surface area contributed by atoms with Crippen LogP contribution in [0.25, 0.3) is 16.9 Å². The van der Waals surface area contributed by atoms with Crippen molar-refractivity contribution in [2.45, 2.75) is 38.0 Å². The van der Waals surface area contributed by atoms with Gasteiger partial charge in [0.1, 0.15) is 6.54 Å². The van der Waals surface area contributed by atoms with Gasteiger partial charge >= 0.3 is 6.18 Å². The molecule has 0 bridgehead atoms. The maximum Gasteiger partial charge on any atom is 0.435 e. The second-order valence-corrected chi connectivity index (χ2v) is 11.6. The smallest absolute Gasteiger partial charge is 0.435 e. The number of carbonyl (C=O) groups excluding carboxylic acids is 2. The van der Waals surface area contributed by atoms with Crippen LogP contribution < -0.4 is 11.1 Å². The second-order valence-electron chi connectivity index (χ2n) is 11.2. The zero-order valence-electron chi connectivity index (χ0n) is 25.3. The van der Waals surface area contributed by atoms with Crippen LogP contribution in [0, 0.1) is 17.2 Å². The number of carboxylic acid groups (broad SMARTS) is 1. The van der Waals surface area contributed by atoms with Crippen molar-refractivity contribution in [1.29, 1.82) is 5.26 Å². The fraction of sp³-hybridized carbons (Fsp3) is 0.367. The van der Waals surface area contributed by atoms with Crippen molar-refractivity contribution in [3.63, 3.8) is 0 Å². The lowest BCUT2D eigenvalue weighted by Crippen LogP contribution is -2.51. The number of piperazine rings is 1. The Morgan fingerprint density at radius 2 is 1.88 bits per heavy atom. The van der Waals surface area contributed by atoms with E-state index >= 15 is 0 Å². The summed E-state index contributed by atoms with van der Waals surface area (Å²) in [5.41, 5.74) is 5.72. The van der Waals surface area contributed by atoms with Crippen LogP contribution in [-0.4, -0.2) is 89.6 Å². The van der Waals surface area contributed by atoms with Crippen molar-refractivity contribution in [2.75, 3.05) is 31.5 Å². The Bertz CT molecular complexity index is 1860. The Hall–Kier alpha value is -5.21. The number of aromatic nitrogens is 5. The standard InChI is InChI=1S/C29H28ClF3N10O2.CH2O2/c30-22-14-19(3-4-20(22)28(45)41-11-9-40(10-12-41)27(44)17-1-2-18(35)13-17)38-25-26-37-15-23(43(26)8-6-36-25)21-16-42(7-5-34)39-24(21)29(31,32)33;2-1-3/h3-4,6,8,14-18H,1-2,7,9-13,35H2,(H,36,38);1H,(H,2,3)/t17-,18-;/m1./s1. The maximum absolute atomic E-state index is 13.8. The molecular formula is C30H30ClF3N10O4. The van der Waals surface area contributed by atoms with E-state index in [2.05, 4.69) is 20.4 Å². The normalized spacial score (nSPS) is 17.8. The minimum Gasteiger partial charge on any atom is -0.483 e. The molecule has 3 aromatic heterocycles. The lowest BCUT2D eigenvalue weighted by Gasteiger charge is -2.36. The van der Waals surface area contributed by atoms with Crippen LogP contribution in [0.3, 0.4) is 0 Å². The van der Waals surface area contributed by atoms with E-state index in [4.69, 9.17) is 32.5 Å². The van der Waals surface area contributed by atoms with E-state index in [9.17, 15) is 22.8 Å². The Morgan fingerprint density at radius 1 is 1.17 bits per heavy atom. The first kappa shape index (κ1) is 34.1. The van der Waals surface area contributed by atoms with E-state index in [1.807, 2.05) is 0 Å². The molecule has 4 heterocycles. The van der Waals surface area contributed by atoms with E-state index in [1.54, 1.807) is 34.1 Å². The van der Waals surface area contributed by atoms with Gasteiger partial charge < -0.3 is 26.0 Å². The summed E-state index contributed by atoms with van der Waals surface area (Å²) < 4.78 is 43.6. The molecule has 4 aromatic rings. The van der Waals surface area contributed by atoms with Gasteiger partial charge in [0.15, 0.2) is 17.2 Å². The molecule has 48 heavy (non-hydrogen) atoms. The number of hydrogen-bond donors (Lipinski definition) is 3. The third kappa shape index (κ3) is 7.19. The van der Waals surface area contributed by atoms with Crippen molar-refractivity contribution >= 4 is 47.0 Å². The molecule has 14 nitrogen and oxygen atoms in total. The van der Waals surface area contributed by atoms with E-state index in [-0.39, 0.29) is 64.5 Å². The molecular weight excluding hydrogens is 657 g/mol. The molecule has 0 unspecified atom stereocenters. The highest BCUT2D eigenvalue weighted by Crippen LogP contribution is 2.37. The molecule has 2 aliphatic rings. The number of benzene rings is 1. The zero-order chi connectivity index (χ0) is 34.6. The minimum absolute atomic E-state index is 0.0450. The van der Waals surface area contributed by atoms with Crippen LogP contribution >= 0.6 is 11.6 Å². The van der Waals surface area contributed by atoms with Gasteiger partial charge in [-0.2, -0.15) is 23.5 Å². The number of amides is 2. The number of anilines is 2. The van der Waals surface area contributed by atoms with E-state index < -0.39 is 11.9 Å². The van der Waals surface area contributed by atoms with Gasteiger partial charge in [-0.25, -0.2) is 9.97 Å². The first-order valence-electron chi connectivity index (χ1n) is 14.8.